The van der Waals surface area contributed by atoms with Crippen molar-refractivity contribution in [2.24, 2.45) is 20.9 Å². The fourth-order valence-electron chi connectivity index (χ4n) is 9.55. The first-order valence-corrected chi connectivity index (χ1v) is 22.4. The molecule has 0 amide bonds. The second-order valence-electron chi connectivity index (χ2n) is 17.2. The molecule has 9 aromatic rings. The highest BCUT2D eigenvalue weighted by Gasteiger charge is 2.35. The third kappa shape index (κ3) is 7.31. The number of aliphatic imine (C=N–C) groups is 3. The van der Waals surface area contributed by atoms with Crippen molar-refractivity contribution in [3.05, 3.63) is 234 Å². The Labute approximate surface area is 378 Å². The Hall–Kier alpha value is -8.15. The van der Waals surface area contributed by atoms with Gasteiger partial charge in [0.2, 0.25) is 0 Å². The van der Waals surface area contributed by atoms with Crippen LogP contribution in [0.2, 0.25) is 0 Å². The number of aromatic nitrogens is 1. The highest BCUT2D eigenvalue weighted by Crippen LogP contribution is 2.49. The third-order valence-electron chi connectivity index (χ3n) is 13.0. The van der Waals surface area contributed by atoms with Crippen LogP contribution in [0.3, 0.4) is 0 Å². The van der Waals surface area contributed by atoms with Gasteiger partial charge in [-0.3, -0.25) is 4.99 Å². The van der Waals surface area contributed by atoms with Gasteiger partial charge in [-0.1, -0.05) is 158 Å². The van der Waals surface area contributed by atoms with E-state index in [0.29, 0.717) is 24.1 Å². The molecule has 0 spiro atoms. The third-order valence-corrected chi connectivity index (χ3v) is 13.0. The van der Waals surface area contributed by atoms with Crippen molar-refractivity contribution in [3.8, 4) is 16.9 Å². The Kier molecular flexibility index (Phi) is 9.60. The first kappa shape index (κ1) is 38.5. The molecule has 1 atom stereocenters. The maximum absolute atomic E-state index is 7.00. The number of benzene rings is 8. The summed E-state index contributed by atoms with van der Waals surface area (Å²) >= 11 is 0. The lowest BCUT2D eigenvalue weighted by molar-refractivity contribution is 0.426. The quantitative estimate of drug-likeness (QED) is 0.0812. The van der Waals surface area contributed by atoms with E-state index < -0.39 is 0 Å². The van der Waals surface area contributed by atoms with Gasteiger partial charge in [-0.15, -0.1) is 0 Å². The molecule has 65 heavy (non-hydrogen) atoms. The van der Waals surface area contributed by atoms with Crippen molar-refractivity contribution < 1.29 is 4.74 Å². The summed E-state index contributed by atoms with van der Waals surface area (Å²) in [5, 5.41) is 7.10. The van der Waals surface area contributed by atoms with Crippen LogP contribution in [0.4, 0.5) is 0 Å². The zero-order chi connectivity index (χ0) is 43.3. The molecule has 5 heteroatoms. The first-order chi connectivity index (χ1) is 32.1. The molecule has 0 fully saturated rings. The Bertz CT molecular complexity index is 3580. The molecule has 3 aliphatic rings. The van der Waals surface area contributed by atoms with Crippen molar-refractivity contribution in [1.82, 2.24) is 4.57 Å². The second-order valence-corrected chi connectivity index (χ2v) is 17.2. The second kappa shape index (κ2) is 16.2. The summed E-state index contributed by atoms with van der Waals surface area (Å²) in [5.41, 5.74) is 10.9. The number of rotatable bonds is 9. The van der Waals surface area contributed by atoms with Crippen molar-refractivity contribution in [2.45, 2.75) is 25.3 Å². The van der Waals surface area contributed by atoms with Crippen LogP contribution in [-0.2, 0) is 6.54 Å². The Morgan fingerprint density at radius 2 is 1.35 bits per heavy atom. The van der Waals surface area contributed by atoms with Crippen molar-refractivity contribution in [3.63, 3.8) is 0 Å². The highest BCUT2D eigenvalue weighted by molar-refractivity contribution is 6.14. The average molecular weight is 837 g/mol. The van der Waals surface area contributed by atoms with Crippen LogP contribution in [-0.4, -0.2) is 23.0 Å². The number of nitrogens with zero attached hydrogens (tertiary/aromatic N) is 4. The zero-order valence-electron chi connectivity index (χ0n) is 35.8. The maximum Gasteiger partial charge on any atom is 0.161 e. The fraction of sp³-hybridized carbons (Fsp3) is 0.0833. The molecule has 1 unspecified atom stereocenters. The van der Waals surface area contributed by atoms with Crippen LogP contribution in [0.1, 0.15) is 46.6 Å². The normalized spacial score (nSPS) is 16.0. The van der Waals surface area contributed by atoms with Gasteiger partial charge in [0, 0.05) is 27.5 Å². The van der Waals surface area contributed by atoms with Gasteiger partial charge in [0.15, 0.2) is 11.7 Å². The zero-order valence-corrected chi connectivity index (χ0v) is 35.8. The van der Waals surface area contributed by atoms with E-state index in [9.17, 15) is 0 Å². The number of hydrogen-bond donors (Lipinski definition) is 0. The van der Waals surface area contributed by atoms with E-state index in [2.05, 4.69) is 223 Å². The summed E-state index contributed by atoms with van der Waals surface area (Å²) in [7, 11) is 0. The van der Waals surface area contributed by atoms with Gasteiger partial charge in [0.1, 0.15) is 11.5 Å². The minimum atomic E-state index is 0.0714. The number of ether oxygens (including phenoxy) is 1. The Morgan fingerprint density at radius 3 is 2.15 bits per heavy atom. The predicted molar refractivity (Wildman–Crippen MR) is 272 cm³/mol. The van der Waals surface area contributed by atoms with E-state index in [4.69, 9.17) is 14.7 Å². The van der Waals surface area contributed by atoms with Gasteiger partial charge in [-0.2, -0.15) is 0 Å². The molecule has 0 radical (unpaired) electrons. The molecule has 0 bridgehead atoms. The van der Waals surface area contributed by atoms with Gasteiger partial charge in [-0.05, 0) is 118 Å². The minimum Gasteiger partial charge on any atom is -0.459 e. The summed E-state index contributed by atoms with van der Waals surface area (Å²) in [6, 6.07) is 60.3. The number of allylic oxidation sites excluding steroid dienone is 7. The SMILES string of the molecule is C=NC(=NC(=NCc1ccc2ccccc2c1)c1ccc2ccccc2c1)c1ccc2c(c1)OC1=C(n3c4ccc(/C=C/CC5C=C5)cc4c4cc(-c5ccccc5)ccc43)C=CCC12. The van der Waals surface area contributed by atoms with Crippen LogP contribution in [0.5, 0.6) is 5.75 Å². The number of fused-ring (bicyclic) bond motifs is 8. The molecule has 5 nitrogen and oxygen atoms in total. The summed E-state index contributed by atoms with van der Waals surface area (Å²) < 4.78 is 9.39. The van der Waals surface area contributed by atoms with E-state index in [0.717, 1.165) is 74.1 Å². The van der Waals surface area contributed by atoms with E-state index in [1.165, 1.54) is 38.2 Å². The monoisotopic (exact) mass is 836 g/mol. The number of amidine groups is 2. The lowest BCUT2D eigenvalue weighted by Crippen LogP contribution is -2.09. The molecular formula is C60H44N4O. The Morgan fingerprint density at radius 1 is 0.646 bits per heavy atom. The summed E-state index contributed by atoms with van der Waals surface area (Å²) in [5.74, 6) is 3.52. The summed E-state index contributed by atoms with van der Waals surface area (Å²) in [6.45, 7) is 4.47. The molecule has 1 aliphatic heterocycles. The smallest absolute Gasteiger partial charge is 0.161 e. The van der Waals surface area contributed by atoms with Gasteiger partial charge < -0.3 is 9.30 Å². The molecule has 2 aliphatic carbocycles. The standard InChI is InChI=1S/C60H44N4O/c1-61-59(63-60(48-27-26-44-16-6-8-18-46(44)35-48)62-38-41-23-25-43-15-5-7-17-45(43)33-41)49-28-30-50-51-19-10-20-56(58(51)65-57(50)37-49)64-54-31-24-40(12-9-11-39-21-22-39)34-52(54)53-36-47(29-32-55(53)64)42-13-3-2-4-14-42/h2-10,12-18,20-37,39,51H,1,11,19,38H2/b12-9+,62-60?,63-59?. The van der Waals surface area contributed by atoms with E-state index in [-0.39, 0.29) is 5.92 Å². The van der Waals surface area contributed by atoms with Crippen molar-refractivity contribution in [2.75, 3.05) is 0 Å². The van der Waals surface area contributed by atoms with Crippen LogP contribution >= 0.6 is 0 Å². The molecule has 0 N–H and O–H groups in total. The topological polar surface area (TPSA) is 51.2 Å². The molecule has 0 saturated heterocycles. The minimum absolute atomic E-state index is 0.0714. The lowest BCUT2D eigenvalue weighted by atomic mass is 9.90. The molecule has 1 aromatic heterocycles. The molecular weight excluding hydrogens is 793 g/mol. The van der Waals surface area contributed by atoms with E-state index >= 15 is 0 Å². The van der Waals surface area contributed by atoms with Crippen LogP contribution in [0.15, 0.2) is 221 Å². The first-order valence-electron chi connectivity index (χ1n) is 22.4. The van der Waals surface area contributed by atoms with Gasteiger partial charge in [0.25, 0.3) is 0 Å². The molecule has 310 valence electrons. The van der Waals surface area contributed by atoms with Gasteiger partial charge >= 0.3 is 0 Å². The molecule has 8 aromatic carbocycles. The summed E-state index contributed by atoms with van der Waals surface area (Å²) in [4.78, 5) is 14.8. The van der Waals surface area contributed by atoms with Crippen LogP contribution < -0.4 is 4.74 Å². The van der Waals surface area contributed by atoms with Crippen LogP contribution in [0, 0.1) is 5.92 Å². The highest BCUT2D eigenvalue weighted by atomic mass is 16.5. The Balaban J connectivity index is 0.929. The molecule has 12 rings (SSSR count). The predicted octanol–water partition coefficient (Wildman–Crippen LogP) is 14.8. The van der Waals surface area contributed by atoms with Crippen molar-refractivity contribution >= 4 is 73.5 Å². The van der Waals surface area contributed by atoms with Gasteiger partial charge in [0.05, 0.1) is 29.2 Å². The molecule has 0 saturated carbocycles. The fourth-order valence-corrected chi connectivity index (χ4v) is 9.55. The largest absolute Gasteiger partial charge is 0.459 e. The summed E-state index contributed by atoms with van der Waals surface area (Å²) in [6.07, 6.45) is 15.5. The van der Waals surface area contributed by atoms with Gasteiger partial charge in [-0.25, -0.2) is 9.98 Å². The maximum atomic E-state index is 7.00. The van der Waals surface area contributed by atoms with Crippen molar-refractivity contribution in [1.29, 1.82) is 0 Å². The van der Waals surface area contributed by atoms with Crippen LogP contribution in [0.25, 0.3) is 66.3 Å². The van der Waals surface area contributed by atoms with E-state index in [1.54, 1.807) is 0 Å². The molecule has 2 heterocycles. The number of hydrogen-bond acceptors (Lipinski definition) is 2. The average Bonchev–Trinajstić information content (AvgIpc) is 4.03. The van der Waals surface area contributed by atoms with E-state index in [1.807, 2.05) is 0 Å². The lowest BCUT2D eigenvalue weighted by Gasteiger charge is -2.20.